The van der Waals surface area contributed by atoms with Crippen molar-refractivity contribution < 1.29 is 0 Å². The fourth-order valence-corrected chi connectivity index (χ4v) is 3.63. The number of allylic oxidation sites excluding steroid dienone is 1. The average molecular weight is 311 g/mol. The molecule has 0 radical (unpaired) electrons. The highest BCUT2D eigenvalue weighted by molar-refractivity contribution is 7.11. The van der Waals surface area contributed by atoms with E-state index in [1.807, 2.05) is 35.7 Å². The number of thiophene rings is 1. The van der Waals surface area contributed by atoms with E-state index in [-0.39, 0.29) is 0 Å². The molecule has 3 aromatic carbocycles. The molecule has 0 saturated heterocycles. The first kappa shape index (κ1) is 13.8. The Bertz CT molecular complexity index is 1010. The lowest BCUT2D eigenvalue weighted by Crippen LogP contribution is -1.85. The van der Waals surface area contributed by atoms with Gasteiger partial charge in [0, 0.05) is 4.88 Å². The van der Waals surface area contributed by atoms with Crippen LogP contribution < -0.4 is 0 Å². The van der Waals surface area contributed by atoms with Gasteiger partial charge in [-0.3, -0.25) is 0 Å². The summed E-state index contributed by atoms with van der Waals surface area (Å²) < 4.78 is 0. The third-order valence-corrected chi connectivity index (χ3v) is 4.91. The molecule has 0 unspecified atom stereocenters. The predicted molar refractivity (Wildman–Crippen MR) is 99.3 cm³/mol. The van der Waals surface area contributed by atoms with Crippen LogP contribution in [0.2, 0.25) is 0 Å². The summed E-state index contributed by atoms with van der Waals surface area (Å²) in [5.41, 5.74) is 1.82. The molecule has 0 aliphatic heterocycles. The van der Waals surface area contributed by atoms with Crippen LogP contribution >= 0.6 is 11.3 Å². The van der Waals surface area contributed by atoms with Gasteiger partial charge < -0.3 is 0 Å². The van der Waals surface area contributed by atoms with Crippen molar-refractivity contribution in [2.75, 3.05) is 0 Å². The third-order valence-electron chi connectivity index (χ3n) is 4.01. The molecule has 0 saturated carbocycles. The molecule has 0 spiro atoms. The van der Waals surface area contributed by atoms with Crippen LogP contribution in [0.15, 0.2) is 72.1 Å². The van der Waals surface area contributed by atoms with Crippen molar-refractivity contribution in [1.29, 1.82) is 5.26 Å². The molecule has 0 atom stereocenters. The highest BCUT2D eigenvalue weighted by Crippen LogP contribution is 2.32. The number of benzene rings is 3. The fraction of sp³-hybridized carbons (Fsp3) is 0. The number of fused-ring (bicyclic) bond motifs is 2. The first-order chi connectivity index (χ1) is 11.4. The second kappa shape index (κ2) is 5.72. The van der Waals surface area contributed by atoms with Crippen LogP contribution in [0.4, 0.5) is 0 Å². The van der Waals surface area contributed by atoms with Crippen LogP contribution in [0.25, 0.3) is 33.2 Å². The lowest BCUT2D eigenvalue weighted by molar-refractivity contribution is 1.54. The van der Waals surface area contributed by atoms with E-state index >= 15 is 0 Å². The van der Waals surface area contributed by atoms with Gasteiger partial charge in [-0.2, -0.15) is 5.26 Å². The number of hydrogen-bond acceptors (Lipinski definition) is 2. The lowest BCUT2D eigenvalue weighted by Gasteiger charge is -2.09. The lowest BCUT2D eigenvalue weighted by atomic mass is 9.95. The van der Waals surface area contributed by atoms with Crippen molar-refractivity contribution in [3.05, 3.63) is 82.6 Å². The van der Waals surface area contributed by atoms with E-state index < -0.39 is 0 Å². The van der Waals surface area contributed by atoms with Gasteiger partial charge in [0.15, 0.2) is 0 Å². The zero-order valence-corrected chi connectivity index (χ0v) is 13.2. The van der Waals surface area contributed by atoms with Gasteiger partial charge in [0.2, 0.25) is 0 Å². The first-order valence-electron chi connectivity index (χ1n) is 7.43. The summed E-state index contributed by atoms with van der Waals surface area (Å²) in [6.45, 7) is 0. The van der Waals surface area contributed by atoms with Crippen molar-refractivity contribution in [2.24, 2.45) is 0 Å². The zero-order valence-electron chi connectivity index (χ0n) is 12.4. The molecule has 23 heavy (non-hydrogen) atoms. The van der Waals surface area contributed by atoms with Gasteiger partial charge in [0.25, 0.3) is 0 Å². The van der Waals surface area contributed by atoms with Crippen molar-refractivity contribution in [1.82, 2.24) is 0 Å². The molecular formula is C21H13NS. The van der Waals surface area contributed by atoms with Gasteiger partial charge >= 0.3 is 0 Å². The summed E-state index contributed by atoms with van der Waals surface area (Å²) in [4.78, 5) is 1.00. The van der Waals surface area contributed by atoms with Gasteiger partial charge in [0.1, 0.15) is 6.07 Å². The third kappa shape index (κ3) is 2.42. The Labute approximate surface area is 138 Å². The maximum Gasteiger partial charge on any atom is 0.101 e. The van der Waals surface area contributed by atoms with Crippen LogP contribution in [-0.4, -0.2) is 0 Å². The molecule has 4 rings (SSSR count). The summed E-state index contributed by atoms with van der Waals surface area (Å²) in [6.07, 6.45) is 2.02. The SMILES string of the molecule is N#CC(=Cc1c2ccccc2cc2ccccc12)c1cccs1. The fourth-order valence-electron chi connectivity index (χ4n) is 2.94. The van der Waals surface area contributed by atoms with Crippen molar-refractivity contribution in [3.63, 3.8) is 0 Å². The normalized spacial score (nSPS) is 11.7. The maximum absolute atomic E-state index is 9.59. The van der Waals surface area contributed by atoms with E-state index in [9.17, 15) is 5.26 Å². The van der Waals surface area contributed by atoms with Gasteiger partial charge in [-0.05, 0) is 50.7 Å². The molecule has 0 amide bonds. The molecule has 1 aromatic heterocycles. The molecule has 1 heterocycles. The summed E-state index contributed by atoms with van der Waals surface area (Å²) in [5.74, 6) is 0. The summed E-state index contributed by atoms with van der Waals surface area (Å²) in [7, 11) is 0. The highest BCUT2D eigenvalue weighted by atomic mass is 32.1. The number of nitrogens with zero attached hydrogens (tertiary/aromatic N) is 1. The Morgan fingerprint density at radius 3 is 2.09 bits per heavy atom. The second-order valence-electron chi connectivity index (χ2n) is 5.38. The number of rotatable bonds is 2. The average Bonchev–Trinajstić information content (AvgIpc) is 3.13. The summed E-state index contributed by atoms with van der Waals surface area (Å²) in [5, 5.41) is 16.3. The first-order valence-corrected chi connectivity index (χ1v) is 8.31. The second-order valence-corrected chi connectivity index (χ2v) is 6.33. The van der Waals surface area contributed by atoms with Gasteiger partial charge in [0.05, 0.1) is 5.57 Å². The van der Waals surface area contributed by atoms with Crippen LogP contribution in [-0.2, 0) is 0 Å². The van der Waals surface area contributed by atoms with Gasteiger partial charge in [-0.1, -0.05) is 54.6 Å². The van der Waals surface area contributed by atoms with Crippen molar-refractivity contribution in [3.8, 4) is 6.07 Å². The molecule has 1 nitrogen and oxygen atoms in total. The number of nitriles is 1. The van der Waals surface area contributed by atoms with Gasteiger partial charge in [-0.15, -0.1) is 11.3 Å². The highest BCUT2D eigenvalue weighted by Gasteiger charge is 2.08. The summed E-state index contributed by atoms with van der Waals surface area (Å²) >= 11 is 1.59. The number of hydrogen-bond donors (Lipinski definition) is 0. The van der Waals surface area contributed by atoms with E-state index in [1.165, 1.54) is 21.5 Å². The summed E-state index contributed by atoms with van der Waals surface area (Å²) in [6, 6.07) is 25.2. The molecule has 4 aromatic rings. The molecule has 108 valence electrons. The van der Waals surface area contributed by atoms with Crippen LogP contribution in [0.1, 0.15) is 10.4 Å². The quantitative estimate of drug-likeness (QED) is 0.323. The monoisotopic (exact) mass is 311 g/mol. The predicted octanol–water partition coefficient (Wildman–Crippen LogP) is 6.12. The van der Waals surface area contributed by atoms with E-state index in [4.69, 9.17) is 0 Å². The zero-order chi connectivity index (χ0) is 15.6. The molecule has 0 aliphatic carbocycles. The van der Waals surface area contributed by atoms with E-state index in [2.05, 4.69) is 48.5 Å². The topological polar surface area (TPSA) is 23.8 Å². The molecule has 0 aliphatic rings. The Morgan fingerprint density at radius 2 is 1.52 bits per heavy atom. The molecule has 0 fully saturated rings. The Morgan fingerprint density at radius 1 is 0.870 bits per heavy atom. The van der Waals surface area contributed by atoms with Crippen molar-refractivity contribution >= 4 is 44.5 Å². The molecular weight excluding hydrogens is 298 g/mol. The van der Waals surface area contributed by atoms with Crippen LogP contribution in [0, 0.1) is 11.3 Å². The van der Waals surface area contributed by atoms with Crippen LogP contribution in [0.3, 0.4) is 0 Å². The molecule has 2 heteroatoms. The standard InChI is InChI=1S/C21H13NS/c22-14-17(21-10-5-11-23-21)13-20-18-8-3-1-6-15(18)12-16-7-2-4-9-19(16)20/h1-13H. The minimum atomic E-state index is 0.710. The molecule has 0 N–H and O–H groups in total. The largest absolute Gasteiger partial charge is 0.192 e. The molecule has 0 bridgehead atoms. The van der Waals surface area contributed by atoms with Crippen LogP contribution in [0.5, 0.6) is 0 Å². The minimum absolute atomic E-state index is 0.710. The van der Waals surface area contributed by atoms with Gasteiger partial charge in [-0.25, -0.2) is 0 Å². The van der Waals surface area contributed by atoms with E-state index in [0.717, 1.165) is 10.4 Å². The van der Waals surface area contributed by atoms with Crippen molar-refractivity contribution in [2.45, 2.75) is 0 Å². The Balaban J connectivity index is 2.09. The smallest absolute Gasteiger partial charge is 0.101 e. The maximum atomic E-state index is 9.59. The minimum Gasteiger partial charge on any atom is -0.192 e. The van der Waals surface area contributed by atoms with E-state index in [0.29, 0.717) is 5.57 Å². The van der Waals surface area contributed by atoms with E-state index in [1.54, 1.807) is 11.3 Å². The Hall–Kier alpha value is -2.89. The Kier molecular flexibility index (Phi) is 3.42.